The van der Waals surface area contributed by atoms with E-state index >= 15 is 0 Å². The maximum absolute atomic E-state index is 4.00. The Labute approximate surface area is 70.8 Å². The number of rotatable bonds is 1. The standard InChI is InChI=1S/C9H9N3/c1-2-6-10-8(4-1)9-5-3-7-11-12-9/h1-8,10H. The molecule has 0 fully saturated rings. The molecule has 0 aromatic carbocycles. The molecule has 0 spiro atoms. The lowest BCUT2D eigenvalue weighted by atomic mass is 10.1. The third kappa shape index (κ3) is 1.34. The summed E-state index contributed by atoms with van der Waals surface area (Å²) in [6.45, 7) is 0. The minimum Gasteiger partial charge on any atom is -0.379 e. The topological polar surface area (TPSA) is 37.8 Å². The number of nitrogens with one attached hydrogen (secondary N) is 1. The first kappa shape index (κ1) is 7.03. The molecule has 1 aliphatic rings. The number of hydrogen-bond acceptors (Lipinski definition) is 3. The Morgan fingerprint density at radius 2 is 2.33 bits per heavy atom. The molecule has 0 saturated carbocycles. The Morgan fingerprint density at radius 1 is 1.33 bits per heavy atom. The zero-order valence-electron chi connectivity index (χ0n) is 6.51. The first-order valence-corrected chi connectivity index (χ1v) is 3.84. The van der Waals surface area contributed by atoms with Crippen LogP contribution in [-0.2, 0) is 0 Å². The Balaban J connectivity index is 2.21. The Bertz CT molecular complexity index is 303. The van der Waals surface area contributed by atoms with Crippen LogP contribution in [0, 0.1) is 0 Å². The van der Waals surface area contributed by atoms with Gasteiger partial charge in [0, 0.05) is 6.20 Å². The highest BCUT2D eigenvalue weighted by molar-refractivity contribution is 5.20. The minimum absolute atomic E-state index is 0.170. The lowest BCUT2D eigenvalue weighted by Gasteiger charge is -2.13. The van der Waals surface area contributed by atoms with E-state index in [1.165, 1.54) is 0 Å². The summed E-state index contributed by atoms with van der Waals surface area (Å²) < 4.78 is 0. The average Bonchev–Trinajstić information content (AvgIpc) is 2.21. The van der Waals surface area contributed by atoms with E-state index in [9.17, 15) is 0 Å². The van der Waals surface area contributed by atoms with E-state index in [4.69, 9.17) is 0 Å². The number of aromatic nitrogens is 2. The lowest BCUT2D eigenvalue weighted by molar-refractivity contribution is 0.702. The maximum Gasteiger partial charge on any atom is 0.0893 e. The first-order chi connectivity index (χ1) is 5.97. The van der Waals surface area contributed by atoms with Crippen molar-refractivity contribution >= 4 is 0 Å². The van der Waals surface area contributed by atoms with Gasteiger partial charge in [0.25, 0.3) is 0 Å². The van der Waals surface area contributed by atoms with Crippen LogP contribution in [0.3, 0.4) is 0 Å². The fraction of sp³-hybridized carbons (Fsp3) is 0.111. The third-order valence-electron chi connectivity index (χ3n) is 1.70. The lowest BCUT2D eigenvalue weighted by Crippen LogP contribution is -2.16. The van der Waals surface area contributed by atoms with E-state index in [0.717, 1.165) is 5.69 Å². The second kappa shape index (κ2) is 3.17. The van der Waals surface area contributed by atoms with Crippen molar-refractivity contribution in [1.82, 2.24) is 15.5 Å². The summed E-state index contributed by atoms with van der Waals surface area (Å²) in [5.74, 6) is 0. The van der Waals surface area contributed by atoms with E-state index < -0.39 is 0 Å². The molecular formula is C9H9N3. The van der Waals surface area contributed by atoms with Crippen LogP contribution in [0.1, 0.15) is 11.7 Å². The third-order valence-corrected chi connectivity index (χ3v) is 1.70. The monoisotopic (exact) mass is 159 g/mol. The van der Waals surface area contributed by atoms with Gasteiger partial charge in [0.15, 0.2) is 0 Å². The van der Waals surface area contributed by atoms with Crippen LogP contribution in [-0.4, -0.2) is 10.2 Å². The van der Waals surface area contributed by atoms with Crippen LogP contribution >= 0.6 is 0 Å². The quantitative estimate of drug-likeness (QED) is 0.668. The van der Waals surface area contributed by atoms with Gasteiger partial charge in [-0.3, -0.25) is 0 Å². The highest BCUT2D eigenvalue weighted by Gasteiger charge is 2.07. The molecule has 3 heteroatoms. The fourth-order valence-electron chi connectivity index (χ4n) is 1.11. The van der Waals surface area contributed by atoms with Gasteiger partial charge in [-0.2, -0.15) is 10.2 Å². The molecule has 12 heavy (non-hydrogen) atoms. The fourth-order valence-corrected chi connectivity index (χ4v) is 1.11. The molecule has 3 nitrogen and oxygen atoms in total. The molecular weight excluding hydrogens is 150 g/mol. The zero-order valence-corrected chi connectivity index (χ0v) is 6.51. The van der Waals surface area contributed by atoms with Gasteiger partial charge in [0.2, 0.25) is 0 Å². The maximum atomic E-state index is 4.00. The number of allylic oxidation sites excluding steroid dienone is 2. The molecule has 1 atom stereocenters. The molecule has 1 aliphatic heterocycles. The van der Waals surface area contributed by atoms with Gasteiger partial charge in [-0.25, -0.2) is 0 Å². The van der Waals surface area contributed by atoms with Crippen LogP contribution in [0.15, 0.2) is 42.8 Å². The predicted molar refractivity (Wildman–Crippen MR) is 46.2 cm³/mol. The largest absolute Gasteiger partial charge is 0.379 e. The number of nitrogens with zero attached hydrogens (tertiary/aromatic N) is 2. The van der Waals surface area contributed by atoms with Crippen molar-refractivity contribution < 1.29 is 0 Å². The molecule has 0 amide bonds. The molecule has 1 N–H and O–H groups in total. The Hall–Kier alpha value is -1.64. The molecule has 2 rings (SSSR count). The van der Waals surface area contributed by atoms with Crippen LogP contribution in [0.25, 0.3) is 0 Å². The van der Waals surface area contributed by atoms with Crippen LogP contribution in [0.5, 0.6) is 0 Å². The van der Waals surface area contributed by atoms with Crippen LogP contribution in [0.2, 0.25) is 0 Å². The highest BCUT2D eigenvalue weighted by atomic mass is 15.1. The normalized spacial score (nSPS) is 20.5. The van der Waals surface area contributed by atoms with Crippen molar-refractivity contribution in [2.45, 2.75) is 6.04 Å². The summed E-state index contributed by atoms with van der Waals surface area (Å²) in [5.41, 5.74) is 0.943. The van der Waals surface area contributed by atoms with Gasteiger partial charge in [0.1, 0.15) is 0 Å². The van der Waals surface area contributed by atoms with Crippen molar-refractivity contribution in [3.05, 3.63) is 48.5 Å². The molecule has 1 aromatic heterocycles. The van der Waals surface area contributed by atoms with E-state index in [1.54, 1.807) is 6.20 Å². The number of dihydropyridines is 1. The van der Waals surface area contributed by atoms with E-state index in [-0.39, 0.29) is 6.04 Å². The van der Waals surface area contributed by atoms with Gasteiger partial charge in [-0.1, -0.05) is 12.2 Å². The second-order valence-electron chi connectivity index (χ2n) is 2.54. The SMILES string of the molecule is C1=CNC(c2cccnn2)C=C1. The van der Waals surface area contributed by atoms with E-state index in [2.05, 4.69) is 15.5 Å². The van der Waals surface area contributed by atoms with Crippen molar-refractivity contribution in [3.63, 3.8) is 0 Å². The Morgan fingerprint density at radius 3 is 3.00 bits per heavy atom. The molecule has 0 saturated heterocycles. The van der Waals surface area contributed by atoms with Crippen molar-refractivity contribution in [2.24, 2.45) is 0 Å². The predicted octanol–water partition coefficient (Wildman–Crippen LogP) is 1.19. The van der Waals surface area contributed by atoms with Crippen molar-refractivity contribution in [1.29, 1.82) is 0 Å². The van der Waals surface area contributed by atoms with Gasteiger partial charge in [-0.15, -0.1) is 0 Å². The van der Waals surface area contributed by atoms with Gasteiger partial charge < -0.3 is 5.32 Å². The summed E-state index contributed by atoms with van der Waals surface area (Å²) in [7, 11) is 0. The van der Waals surface area contributed by atoms with E-state index in [1.807, 2.05) is 36.6 Å². The summed E-state index contributed by atoms with van der Waals surface area (Å²) in [6, 6.07) is 4.01. The molecule has 60 valence electrons. The summed E-state index contributed by atoms with van der Waals surface area (Å²) in [5, 5.41) is 11.0. The zero-order chi connectivity index (χ0) is 8.23. The van der Waals surface area contributed by atoms with Gasteiger partial charge in [0.05, 0.1) is 11.7 Å². The second-order valence-corrected chi connectivity index (χ2v) is 2.54. The summed E-state index contributed by atoms with van der Waals surface area (Å²) in [4.78, 5) is 0. The number of hydrogen-bond donors (Lipinski definition) is 1. The first-order valence-electron chi connectivity index (χ1n) is 3.84. The molecule has 0 radical (unpaired) electrons. The van der Waals surface area contributed by atoms with Crippen LogP contribution < -0.4 is 5.32 Å². The molecule has 0 aliphatic carbocycles. The average molecular weight is 159 g/mol. The summed E-state index contributed by atoms with van der Waals surface area (Å²) in [6.07, 6.45) is 9.57. The molecule has 1 unspecified atom stereocenters. The Kier molecular flexibility index (Phi) is 1.86. The molecule has 2 heterocycles. The molecule has 1 aromatic rings. The smallest absolute Gasteiger partial charge is 0.0893 e. The van der Waals surface area contributed by atoms with Crippen LogP contribution in [0.4, 0.5) is 0 Å². The summed E-state index contributed by atoms with van der Waals surface area (Å²) >= 11 is 0. The van der Waals surface area contributed by atoms with Gasteiger partial charge in [-0.05, 0) is 24.4 Å². The van der Waals surface area contributed by atoms with Crippen molar-refractivity contribution in [3.8, 4) is 0 Å². The van der Waals surface area contributed by atoms with Gasteiger partial charge >= 0.3 is 0 Å². The molecule has 0 bridgehead atoms. The van der Waals surface area contributed by atoms with Crippen molar-refractivity contribution in [2.75, 3.05) is 0 Å². The highest BCUT2D eigenvalue weighted by Crippen LogP contribution is 2.12. The minimum atomic E-state index is 0.170. The van der Waals surface area contributed by atoms with E-state index in [0.29, 0.717) is 0 Å².